The van der Waals surface area contributed by atoms with Crippen LogP contribution in [0.3, 0.4) is 0 Å². The Morgan fingerprint density at radius 2 is 1.88 bits per heavy atom. The summed E-state index contributed by atoms with van der Waals surface area (Å²) in [5.41, 5.74) is 4.69. The SMILES string of the molecule is CC1=CC=C(n2nccn2)C(C(O)N2CCCC(CC(O)N3CCCc4ccccc43)C2)C1. The van der Waals surface area contributed by atoms with Gasteiger partial charge in [-0.05, 0) is 69.1 Å². The molecule has 0 amide bonds. The third kappa shape index (κ3) is 4.76. The monoisotopic (exact) mass is 449 g/mol. The molecule has 0 saturated carbocycles. The second kappa shape index (κ2) is 9.79. The Morgan fingerprint density at radius 1 is 1.06 bits per heavy atom. The van der Waals surface area contributed by atoms with Crippen molar-refractivity contribution in [2.75, 3.05) is 24.5 Å². The number of hydrogen-bond donors (Lipinski definition) is 2. The summed E-state index contributed by atoms with van der Waals surface area (Å²) in [6.45, 7) is 4.68. The van der Waals surface area contributed by atoms with Gasteiger partial charge in [-0.2, -0.15) is 15.0 Å². The Bertz CT molecular complexity index is 1000. The first-order chi connectivity index (χ1) is 16.1. The van der Waals surface area contributed by atoms with Gasteiger partial charge in [0.05, 0.1) is 18.1 Å². The zero-order chi connectivity index (χ0) is 22.8. The number of para-hydroxylation sites is 1. The molecule has 7 nitrogen and oxygen atoms in total. The lowest BCUT2D eigenvalue weighted by atomic mass is 9.87. The lowest BCUT2D eigenvalue weighted by Gasteiger charge is -2.42. The number of hydrogen-bond acceptors (Lipinski definition) is 6. The van der Waals surface area contributed by atoms with Crippen LogP contribution in [0.15, 0.2) is 54.4 Å². The van der Waals surface area contributed by atoms with Crippen molar-refractivity contribution in [3.05, 3.63) is 59.9 Å². The molecular weight excluding hydrogens is 414 g/mol. The van der Waals surface area contributed by atoms with Crippen LogP contribution in [0.1, 0.15) is 44.6 Å². The van der Waals surface area contributed by atoms with Crippen molar-refractivity contribution in [3.63, 3.8) is 0 Å². The predicted octanol–water partition coefficient (Wildman–Crippen LogP) is 3.28. The second-order valence-electron chi connectivity index (χ2n) is 9.79. The number of aliphatic hydroxyl groups is 2. The van der Waals surface area contributed by atoms with Crippen LogP contribution in [0.4, 0.5) is 5.69 Å². The van der Waals surface area contributed by atoms with E-state index in [1.165, 1.54) is 16.8 Å². The summed E-state index contributed by atoms with van der Waals surface area (Å²) < 4.78 is 0. The first-order valence-corrected chi connectivity index (χ1v) is 12.3. The summed E-state index contributed by atoms with van der Waals surface area (Å²) in [5.74, 6) is 0.285. The van der Waals surface area contributed by atoms with Gasteiger partial charge in [0.1, 0.15) is 12.5 Å². The zero-order valence-electron chi connectivity index (χ0n) is 19.4. The van der Waals surface area contributed by atoms with Gasteiger partial charge in [-0.25, -0.2) is 0 Å². The number of nitrogens with zero attached hydrogens (tertiary/aromatic N) is 5. The van der Waals surface area contributed by atoms with E-state index in [-0.39, 0.29) is 5.92 Å². The topological polar surface area (TPSA) is 77.6 Å². The number of anilines is 1. The Balaban J connectivity index is 1.25. The van der Waals surface area contributed by atoms with E-state index in [1.54, 1.807) is 17.2 Å². The van der Waals surface area contributed by atoms with Gasteiger partial charge >= 0.3 is 0 Å². The molecule has 1 saturated heterocycles. The Kier molecular flexibility index (Phi) is 6.62. The first kappa shape index (κ1) is 22.3. The second-order valence-corrected chi connectivity index (χ2v) is 9.79. The standard InChI is InChI=1S/C26H35N5O2/c1-19-10-11-24(31-27-12-13-28-31)22(16-19)26(33)29-14-4-6-20(18-29)17-25(32)30-15-5-8-21-7-2-3-9-23(21)30/h2-3,7,9-13,20,22,25-26,32-33H,4-6,8,14-18H2,1H3. The molecule has 1 aromatic carbocycles. The van der Waals surface area contributed by atoms with Crippen molar-refractivity contribution in [1.82, 2.24) is 19.9 Å². The summed E-state index contributed by atoms with van der Waals surface area (Å²) in [7, 11) is 0. The van der Waals surface area contributed by atoms with E-state index in [0.717, 1.165) is 63.9 Å². The fourth-order valence-corrected chi connectivity index (χ4v) is 5.78. The van der Waals surface area contributed by atoms with Gasteiger partial charge in [0.15, 0.2) is 0 Å². The summed E-state index contributed by atoms with van der Waals surface area (Å²) in [5, 5.41) is 31.2. The van der Waals surface area contributed by atoms with Crippen molar-refractivity contribution in [1.29, 1.82) is 0 Å². The van der Waals surface area contributed by atoms with Crippen LogP contribution >= 0.6 is 0 Å². The van der Waals surface area contributed by atoms with E-state index in [1.807, 2.05) is 6.08 Å². The molecule has 3 heterocycles. The maximum absolute atomic E-state index is 11.4. The molecule has 2 aromatic rings. The third-order valence-electron chi connectivity index (χ3n) is 7.44. The Morgan fingerprint density at radius 3 is 2.73 bits per heavy atom. The van der Waals surface area contributed by atoms with E-state index in [0.29, 0.717) is 5.92 Å². The number of piperidine rings is 1. The number of allylic oxidation sites excluding steroid dienone is 3. The Hall–Kier alpha value is -2.48. The van der Waals surface area contributed by atoms with Crippen LogP contribution in [-0.2, 0) is 6.42 Å². The lowest BCUT2D eigenvalue weighted by molar-refractivity contribution is -0.0515. The summed E-state index contributed by atoms with van der Waals surface area (Å²) in [4.78, 5) is 6.01. The molecule has 2 aliphatic heterocycles. The van der Waals surface area contributed by atoms with Crippen LogP contribution in [0.25, 0.3) is 5.70 Å². The molecular formula is C26H35N5O2. The molecule has 5 rings (SSSR count). The number of fused-ring (bicyclic) bond motifs is 1. The van der Waals surface area contributed by atoms with E-state index in [4.69, 9.17) is 0 Å². The molecule has 2 N–H and O–H groups in total. The fraction of sp³-hybridized carbons (Fsp3) is 0.538. The summed E-state index contributed by atoms with van der Waals surface area (Å²) in [6.07, 6.45) is 12.2. The van der Waals surface area contributed by atoms with E-state index in [9.17, 15) is 10.2 Å². The number of aliphatic hydroxyl groups excluding tert-OH is 2. The molecule has 3 aliphatic rings. The average molecular weight is 450 g/mol. The van der Waals surface area contributed by atoms with Crippen LogP contribution in [0, 0.1) is 11.8 Å². The van der Waals surface area contributed by atoms with Crippen molar-refractivity contribution in [2.45, 2.75) is 57.9 Å². The minimum atomic E-state index is -0.596. The predicted molar refractivity (Wildman–Crippen MR) is 129 cm³/mol. The highest BCUT2D eigenvalue weighted by Crippen LogP contribution is 2.35. The summed E-state index contributed by atoms with van der Waals surface area (Å²) in [6, 6.07) is 8.44. The average Bonchev–Trinajstić information content (AvgIpc) is 3.38. The number of rotatable bonds is 6. The Labute approximate surface area is 196 Å². The van der Waals surface area contributed by atoms with Crippen LogP contribution in [-0.4, -0.2) is 62.2 Å². The largest absolute Gasteiger partial charge is 0.378 e. The molecule has 4 atom stereocenters. The van der Waals surface area contributed by atoms with E-state index >= 15 is 0 Å². The van der Waals surface area contributed by atoms with Crippen molar-refractivity contribution >= 4 is 11.4 Å². The third-order valence-corrected chi connectivity index (χ3v) is 7.44. The number of benzene rings is 1. The maximum atomic E-state index is 11.4. The van der Waals surface area contributed by atoms with Gasteiger partial charge < -0.3 is 15.1 Å². The van der Waals surface area contributed by atoms with Gasteiger partial charge in [0.2, 0.25) is 0 Å². The molecule has 1 fully saturated rings. The maximum Gasteiger partial charge on any atom is 0.127 e. The van der Waals surface area contributed by atoms with Crippen LogP contribution < -0.4 is 4.90 Å². The first-order valence-electron chi connectivity index (χ1n) is 12.3. The highest BCUT2D eigenvalue weighted by Gasteiger charge is 2.35. The van der Waals surface area contributed by atoms with E-state index in [2.05, 4.69) is 57.3 Å². The molecule has 1 aliphatic carbocycles. The molecule has 0 bridgehead atoms. The van der Waals surface area contributed by atoms with Crippen molar-refractivity contribution in [2.24, 2.45) is 11.8 Å². The quantitative estimate of drug-likeness (QED) is 0.705. The number of likely N-dealkylation sites (tertiary alicyclic amines) is 1. The van der Waals surface area contributed by atoms with Crippen molar-refractivity contribution < 1.29 is 10.2 Å². The molecule has 0 spiro atoms. The van der Waals surface area contributed by atoms with Gasteiger partial charge in [-0.15, -0.1) is 0 Å². The minimum absolute atomic E-state index is 0.0694. The van der Waals surface area contributed by atoms with Gasteiger partial charge in [-0.3, -0.25) is 4.90 Å². The molecule has 4 unspecified atom stereocenters. The van der Waals surface area contributed by atoms with Crippen molar-refractivity contribution in [3.8, 4) is 0 Å². The molecule has 176 valence electrons. The molecule has 7 heteroatoms. The fourth-order valence-electron chi connectivity index (χ4n) is 5.78. The van der Waals surface area contributed by atoms with E-state index < -0.39 is 12.5 Å². The van der Waals surface area contributed by atoms with Crippen LogP contribution in [0.2, 0.25) is 0 Å². The van der Waals surface area contributed by atoms with Gasteiger partial charge in [0.25, 0.3) is 0 Å². The van der Waals surface area contributed by atoms with Gasteiger partial charge in [-0.1, -0.05) is 29.8 Å². The number of aromatic nitrogens is 3. The lowest BCUT2D eigenvalue weighted by Crippen LogP contribution is -2.49. The van der Waals surface area contributed by atoms with Crippen LogP contribution in [0.5, 0.6) is 0 Å². The molecule has 33 heavy (non-hydrogen) atoms. The highest BCUT2D eigenvalue weighted by atomic mass is 16.3. The number of aryl methyl sites for hydroxylation is 1. The highest BCUT2D eigenvalue weighted by molar-refractivity contribution is 5.56. The van der Waals surface area contributed by atoms with Gasteiger partial charge in [0, 0.05) is 31.2 Å². The molecule has 1 aromatic heterocycles. The minimum Gasteiger partial charge on any atom is -0.378 e. The summed E-state index contributed by atoms with van der Waals surface area (Å²) >= 11 is 0. The molecule has 0 radical (unpaired) electrons. The smallest absolute Gasteiger partial charge is 0.127 e. The zero-order valence-corrected chi connectivity index (χ0v) is 19.4. The normalized spacial score (nSPS) is 25.7.